The van der Waals surface area contributed by atoms with E-state index in [-0.39, 0.29) is 52.1 Å². The van der Waals surface area contributed by atoms with Crippen molar-refractivity contribution in [3.63, 3.8) is 0 Å². The lowest BCUT2D eigenvalue weighted by molar-refractivity contribution is -0.117. The molecule has 0 aliphatic carbocycles. The van der Waals surface area contributed by atoms with Crippen LogP contribution in [-0.2, 0) is 19.4 Å². The van der Waals surface area contributed by atoms with E-state index in [1.165, 1.54) is 20.3 Å². The van der Waals surface area contributed by atoms with E-state index in [1.54, 1.807) is 18.3 Å². The fourth-order valence-corrected chi connectivity index (χ4v) is 5.24. The zero-order valence-electron chi connectivity index (χ0n) is 22.0. The summed E-state index contributed by atoms with van der Waals surface area (Å²) in [4.78, 5) is 25.6. The van der Waals surface area contributed by atoms with Crippen molar-refractivity contribution in [1.82, 2.24) is 20.3 Å². The van der Waals surface area contributed by atoms with Gasteiger partial charge in [-0.3, -0.25) is 4.79 Å². The number of aromatic nitrogens is 3. The standard InChI is InChI=1S/C25H28Cl2N6O6S/c1-5-19(34)30-15-11-39-12-16(15)32-25-29-10-13-8-14(20-21(26)17(37-2)9-18(38-3)22(20)27)31-24(23(13)33-25)28-6-7-40(4,35)36/h5,8-10,15-16H,1,6-7,11-12H2,2-4H3,(H,28,31)(H,30,34)(H,29,32,33)/t15-,16+/m0/s1. The summed E-state index contributed by atoms with van der Waals surface area (Å²) in [5.74, 6) is 0.769. The van der Waals surface area contributed by atoms with E-state index in [2.05, 4.69) is 32.5 Å². The molecular formula is C25H28Cl2N6O6S. The van der Waals surface area contributed by atoms with Gasteiger partial charge in [0.15, 0.2) is 5.82 Å². The van der Waals surface area contributed by atoms with Gasteiger partial charge in [-0.25, -0.2) is 23.4 Å². The quantitative estimate of drug-likeness (QED) is 0.274. The summed E-state index contributed by atoms with van der Waals surface area (Å²) in [7, 11) is -0.314. The van der Waals surface area contributed by atoms with Gasteiger partial charge in [-0.15, -0.1) is 0 Å². The fourth-order valence-electron chi connectivity index (χ4n) is 4.07. The number of sulfone groups is 1. The molecule has 12 nitrogen and oxygen atoms in total. The number of carbonyl (C=O) groups excluding carboxylic acids is 1. The van der Waals surface area contributed by atoms with E-state index in [4.69, 9.17) is 42.4 Å². The Morgan fingerprint density at radius 2 is 1.82 bits per heavy atom. The predicted octanol–water partition coefficient (Wildman–Crippen LogP) is 2.95. The number of nitrogens with one attached hydrogen (secondary N) is 3. The molecule has 3 aromatic rings. The number of amides is 1. The number of hydrogen-bond donors (Lipinski definition) is 3. The van der Waals surface area contributed by atoms with Crippen LogP contribution >= 0.6 is 23.2 Å². The van der Waals surface area contributed by atoms with Crippen LogP contribution in [0.15, 0.2) is 31.0 Å². The molecule has 2 atom stereocenters. The summed E-state index contributed by atoms with van der Waals surface area (Å²) >= 11 is 13.3. The van der Waals surface area contributed by atoms with Crippen molar-refractivity contribution in [3.8, 4) is 22.8 Å². The molecule has 1 fully saturated rings. The minimum atomic E-state index is -3.25. The summed E-state index contributed by atoms with van der Waals surface area (Å²) in [6.07, 6.45) is 3.92. The number of halogens is 2. The molecule has 0 bridgehead atoms. The van der Waals surface area contributed by atoms with Crippen LogP contribution < -0.4 is 25.4 Å². The molecule has 1 aliphatic rings. The summed E-state index contributed by atoms with van der Waals surface area (Å²) in [5.41, 5.74) is 1.14. The number of fused-ring (bicyclic) bond motifs is 1. The molecule has 1 amide bonds. The van der Waals surface area contributed by atoms with Crippen LogP contribution in [-0.4, -0.2) is 87.3 Å². The number of rotatable bonds is 11. The SMILES string of the molecule is C=CC(=O)N[C@H]1COC[C@H]1Nc1ncc2cc(-c3c(Cl)c(OC)cc(OC)c3Cl)nc(NCCS(C)(=O)=O)c2n1. The van der Waals surface area contributed by atoms with Crippen LogP contribution in [0.1, 0.15) is 0 Å². The van der Waals surface area contributed by atoms with E-state index in [9.17, 15) is 13.2 Å². The van der Waals surface area contributed by atoms with Crippen molar-refractivity contribution in [1.29, 1.82) is 0 Å². The first-order valence-corrected chi connectivity index (χ1v) is 14.8. The van der Waals surface area contributed by atoms with E-state index >= 15 is 0 Å². The fraction of sp³-hybridized carbons (Fsp3) is 0.360. The molecule has 3 heterocycles. The molecule has 0 saturated carbocycles. The van der Waals surface area contributed by atoms with Gasteiger partial charge in [-0.1, -0.05) is 29.8 Å². The Bertz CT molecular complexity index is 1530. The van der Waals surface area contributed by atoms with Gasteiger partial charge in [-0.2, -0.15) is 0 Å². The normalized spacial score (nSPS) is 16.9. The van der Waals surface area contributed by atoms with Crippen molar-refractivity contribution >= 4 is 61.6 Å². The third-order valence-electron chi connectivity index (χ3n) is 6.07. The highest BCUT2D eigenvalue weighted by atomic mass is 35.5. The third kappa shape index (κ3) is 6.66. The largest absolute Gasteiger partial charge is 0.495 e. The molecule has 1 aliphatic heterocycles. The number of pyridine rings is 1. The number of hydrogen-bond acceptors (Lipinski definition) is 11. The van der Waals surface area contributed by atoms with Gasteiger partial charge in [0.2, 0.25) is 11.9 Å². The molecule has 1 aromatic carbocycles. The average molecular weight is 612 g/mol. The Kier molecular flexibility index (Phi) is 9.19. The first kappa shape index (κ1) is 29.6. The van der Waals surface area contributed by atoms with Crippen LogP contribution in [0.3, 0.4) is 0 Å². The predicted molar refractivity (Wildman–Crippen MR) is 154 cm³/mol. The first-order chi connectivity index (χ1) is 19.0. The van der Waals surface area contributed by atoms with Crippen LogP contribution in [0.25, 0.3) is 22.2 Å². The molecule has 40 heavy (non-hydrogen) atoms. The Morgan fingerprint density at radius 1 is 1.15 bits per heavy atom. The first-order valence-electron chi connectivity index (χ1n) is 12.0. The number of nitrogens with zero attached hydrogens (tertiary/aromatic N) is 3. The van der Waals surface area contributed by atoms with Crippen molar-refractivity contribution in [3.05, 3.63) is 41.0 Å². The Balaban J connectivity index is 1.78. The van der Waals surface area contributed by atoms with Gasteiger partial charge >= 0.3 is 0 Å². The topological polar surface area (TPSA) is 154 Å². The Labute approximate surface area is 241 Å². The van der Waals surface area contributed by atoms with Crippen LogP contribution in [0.2, 0.25) is 10.0 Å². The molecule has 1 saturated heterocycles. The van der Waals surface area contributed by atoms with Gasteiger partial charge in [-0.05, 0) is 12.1 Å². The third-order valence-corrected chi connectivity index (χ3v) is 7.77. The maximum atomic E-state index is 11.8. The summed E-state index contributed by atoms with van der Waals surface area (Å²) in [6.45, 7) is 4.20. The van der Waals surface area contributed by atoms with E-state index in [0.717, 1.165) is 6.26 Å². The van der Waals surface area contributed by atoms with Gasteiger partial charge in [0.1, 0.15) is 26.9 Å². The van der Waals surface area contributed by atoms with Crippen molar-refractivity contribution in [2.75, 3.05) is 56.6 Å². The van der Waals surface area contributed by atoms with E-state index in [0.29, 0.717) is 46.9 Å². The molecule has 3 N–H and O–H groups in total. The molecular weight excluding hydrogens is 583 g/mol. The van der Waals surface area contributed by atoms with Gasteiger partial charge < -0.3 is 30.2 Å². The van der Waals surface area contributed by atoms with Gasteiger partial charge in [0.25, 0.3) is 0 Å². The minimum Gasteiger partial charge on any atom is -0.495 e. The maximum Gasteiger partial charge on any atom is 0.243 e. The zero-order chi connectivity index (χ0) is 29.0. The lowest BCUT2D eigenvalue weighted by atomic mass is 10.1. The molecule has 0 radical (unpaired) electrons. The molecule has 214 valence electrons. The zero-order valence-corrected chi connectivity index (χ0v) is 24.3. The number of anilines is 2. The highest BCUT2D eigenvalue weighted by Gasteiger charge is 2.30. The summed E-state index contributed by atoms with van der Waals surface area (Å²) in [6, 6.07) is 2.67. The Hall–Kier alpha value is -3.39. The maximum absolute atomic E-state index is 11.8. The monoisotopic (exact) mass is 610 g/mol. The molecule has 0 spiro atoms. The van der Waals surface area contributed by atoms with Crippen LogP contribution in [0.4, 0.5) is 11.8 Å². The van der Waals surface area contributed by atoms with Gasteiger partial charge in [0, 0.05) is 36.0 Å². The molecule has 2 aromatic heterocycles. The minimum absolute atomic E-state index is 0.0756. The lowest BCUT2D eigenvalue weighted by Crippen LogP contribution is -2.45. The second kappa shape index (κ2) is 12.4. The second-order valence-electron chi connectivity index (χ2n) is 8.94. The van der Waals surface area contributed by atoms with Crippen LogP contribution in [0, 0.1) is 0 Å². The van der Waals surface area contributed by atoms with Gasteiger partial charge in [0.05, 0.1) is 61.0 Å². The smallest absolute Gasteiger partial charge is 0.243 e. The summed E-state index contributed by atoms with van der Waals surface area (Å²) in [5, 5.41) is 10.1. The molecule has 0 unspecified atom stereocenters. The summed E-state index contributed by atoms with van der Waals surface area (Å²) < 4.78 is 39.8. The molecule has 15 heteroatoms. The lowest BCUT2D eigenvalue weighted by Gasteiger charge is -2.20. The molecule has 4 rings (SSSR count). The number of ether oxygens (including phenoxy) is 3. The number of benzene rings is 1. The number of methoxy groups -OCH3 is 2. The van der Waals surface area contributed by atoms with E-state index in [1.807, 2.05) is 0 Å². The average Bonchev–Trinajstić information content (AvgIpc) is 3.34. The van der Waals surface area contributed by atoms with E-state index < -0.39 is 9.84 Å². The Morgan fingerprint density at radius 3 is 2.45 bits per heavy atom. The van der Waals surface area contributed by atoms with Crippen LogP contribution in [0.5, 0.6) is 11.5 Å². The van der Waals surface area contributed by atoms with Crippen molar-refractivity contribution in [2.45, 2.75) is 12.1 Å². The van der Waals surface area contributed by atoms with Crippen molar-refractivity contribution in [2.24, 2.45) is 0 Å². The number of carbonyl (C=O) groups is 1. The second-order valence-corrected chi connectivity index (χ2v) is 12.0. The van der Waals surface area contributed by atoms with Crippen molar-refractivity contribution < 1.29 is 27.4 Å². The highest BCUT2D eigenvalue weighted by molar-refractivity contribution is 7.90. The highest BCUT2D eigenvalue weighted by Crippen LogP contribution is 2.46.